The third kappa shape index (κ3) is 4.73. The van der Waals surface area contributed by atoms with Gasteiger partial charge in [-0.05, 0) is 13.0 Å². The molecule has 98 valence electrons. The Hall–Kier alpha value is -1.10. The fourth-order valence-corrected chi connectivity index (χ4v) is 1.93. The zero-order valence-electron chi connectivity index (χ0n) is 10.9. The van der Waals surface area contributed by atoms with Gasteiger partial charge in [-0.2, -0.15) is 0 Å². The lowest BCUT2D eigenvalue weighted by Gasteiger charge is -2.34. The summed E-state index contributed by atoms with van der Waals surface area (Å²) in [6.45, 7) is 8.08. The van der Waals surface area contributed by atoms with Crippen LogP contribution in [0.4, 0.5) is 0 Å². The average Bonchev–Trinajstić information content (AvgIpc) is 2.34. The van der Waals surface area contributed by atoms with Crippen LogP contribution in [0.2, 0.25) is 0 Å². The fourth-order valence-electron chi connectivity index (χ4n) is 1.93. The first-order valence-corrected chi connectivity index (χ1v) is 6.39. The van der Waals surface area contributed by atoms with E-state index in [1.165, 1.54) is 0 Å². The molecule has 0 spiro atoms. The number of hydrogen-bond acceptors (Lipinski definition) is 3. The van der Waals surface area contributed by atoms with Crippen LogP contribution in [-0.4, -0.2) is 60.9 Å². The van der Waals surface area contributed by atoms with Crippen LogP contribution < -0.4 is 5.32 Å². The van der Waals surface area contributed by atoms with Crippen molar-refractivity contribution in [1.29, 1.82) is 0 Å². The van der Waals surface area contributed by atoms with Crippen molar-refractivity contribution < 1.29 is 9.59 Å². The minimum Gasteiger partial charge on any atom is -0.339 e. The second-order valence-electron chi connectivity index (χ2n) is 4.39. The molecule has 1 saturated heterocycles. The molecule has 0 bridgehead atoms. The third-order valence-electron chi connectivity index (χ3n) is 3.02. The lowest BCUT2D eigenvalue weighted by molar-refractivity contribution is -0.138. The highest BCUT2D eigenvalue weighted by Crippen LogP contribution is 2.03. The Balaban J connectivity index is 2.19. The van der Waals surface area contributed by atoms with Gasteiger partial charge in [0.1, 0.15) is 0 Å². The molecule has 0 aromatic rings. The summed E-state index contributed by atoms with van der Waals surface area (Å²) >= 11 is 0. The van der Waals surface area contributed by atoms with E-state index in [0.717, 1.165) is 19.5 Å². The van der Waals surface area contributed by atoms with Crippen molar-refractivity contribution in [2.45, 2.75) is 26.7 Å². The molecule has 1 heterocycles. The topological polar surface area (TPSA) is 52.7 Å². The second-order valence-corrected chi connectivity index (χ2v) is 4.39. The van der Waals surface area contributed by atoms with Crippen molar-refractivity contribution in [2.75, 3.05) is 39.3 Å². The molecule has 1 N–H and O–H groups in total. The zero-order chi connectivity index (χ0) is 12.7. The van der Waals surface area contributed by atoms with Crippen LogP contribution in [0.1, 0.15) is 26.7 Å². The minimum absolute atomic E-state index is 0.0988. The highest BCUT2D eigenvalue weighted by Gasteiger charge is 2.21. The number of nitrogens with one attached hydrogen (secondary N) is 1. The predicted molar refractivity (Wildman–Crippen MR) is 66.6 cm³/mol. The average molecular weight is 241 g/mol. The lowest BCUT2D eigenvalue weighted by Crippen LogP contribution is -2.50. The van der Waals surface area contributed by atoms with Crippen molar-refractivity contribution in [3.63, 3.8) is 0 Å². The minimum atomic E-state index is 0.0988. The predicted octanol–water partition coefficient (Wildman–Crippen LogP) is 0.0668. The summed E-state index contributed by atoms with van der Waals surface area (Å²) in [5, 5.41) is 3.22. The molecule has 1 aliphatic heterocycles. The second kappa shape index (κ2) is 7.27. The first-order chi connectivity index (χ1) is 8.15. The molecule has 1 rings (SSSR count). The normalized spacial score (nSPS) is 16.1. The van der Waals surface area contributed by atoms with E-state index in [1.54, 1.807) is 11.8 Å². The summed E-state index contributed by atoms with van der Waals surface area (Å²) in [6.07, 6.45) is 1.64. The number of rotatable bonds is 5. The summed E-state index contributed by atoms with van der Waals surface area (Å²) in [4.78, 5) is 26.6. The van der Waals surface area contributed by atoms with Crippen LogP contribution >= 0.6 is 0 Å². The van der Waals surface area contributed by atoms with Gasteiger partial charge in [-0.3, -0.25) is 9.59 Å². The summed E-state index contributed by atoms with van der Waals surface area (Å²) in [5.74, 6) is 0.290. The first kappa shape index (κ1) is 14.0. The van der Waals surface area contributed by atoms with Gasteiger partial charge in [0.25, 0.3) is 0 Å². The zero-order valence-corrected chi connectivity index (χ0v) is 10.9. The summed E-state index contributed by atoms with van der Waals surface area (Å²) in [6, 6.07) is 0. The number of amides is 2. The Morgan fingerprint density at radius 1 is 1.06 bits per heavy atom. The highest BCUT2D eigenvalue weighted by atomic mass is 16.2. The molecule has 5 nitrogen and oxygen atoms in total. The van der Waals surface area contributed by atoms with E-state index < -0.39 is 0 Å². The molecule has 1 fully saturated rings. The van der Waals surface area contributed by atoms with Crippen molar-refractivity contribution >= 4 is 11.8 Å². The highest BCUT2D eigenvalue weighted by molar-refractivity contribution is 5.77. The van der Waals surface area contributed by atoms with E-state index >= 15 is 0 Å². The Morgan fingerprint density at radius 2 is 1.65 bits per heavy atom. The van der Waals surface area contributed by atoms with Crippen molar-refractivity contribution in [1.82, 2.24) is 15.1 Å². The summed E-state index contributed by atoms with van der Waals surface area (Å²) in [7, 11) is 0. The van der Waals surface area contributed by atoms with Crippen molar-refractivity contribution in [2.24, 2.45) is 0 Å². The van der Waals surface area contributed by atoms with Crippen LogP contribution in [0.15, 0.2) is 0 Å². The van der Waals surface area contributed by atoms with Gasteiger partial charge in [0.15, 0.2) is 0 Å². The molecule has 2 amide bonds. The standard InChI is InChI=1S/C12H23N3O2/c1-3-5-13-6-4-12(17)15-9-7-14(8-10-15)11(2)16/h13H,3-10H2,1-2H3. The summed E-state index contributed by atoms with van der Waals surface area (Å²) in [5.41, 5.74) is 0. The van der Waals surface area contributed by atoms with E-state index in [-0.39, 0.29) is 11.8 Å². The number of hydrogen-bond donors (Lipinski definition) is 1. The number of nitrogens with zero attached hydrogens (tertiary/aromatic N) is 2. The quantitative estimate of drug-likeness (QED) is 0.693. The Bertz CT molecular complexity index is 260. The number of carbonyl (C=O) groups is 2. The van der Waals surface area contributed by atoms with Crippen LogP contribution in [0, 0.1) is 0 Å². The summed E-state index contributed by atoms with van der Waals surface area (Å²) < 4.78 is 0. The number of piperazine rings is 1. The molecule has 0 radical (unpaired) electrons. The molecule has 0 atom stereocenters. The largest absolute Gasteiger partial charge is 0.339 e. The SMILES string of the molecule is CCCNCCC(=O)N1CCN(C(C)=O)CC1. The van der Waals surface area contributed by atoms with Crippen molar-refractivity contribution in [3.05, 3.63) is 0 Å². The van der Waals surface area contributed by atoms with Crippen LogP contribution in [0.25, 0.3) is 0 Å². The Kier molecular flexibility index (Phi) is 5.97. The molecule has 0 unspecified atom stereocenters. The van der Waals surface area contributed by atoms with Gasteiger partial charge >= 0.3 is 0 Å². The van der Waals surface area contributed by atoms with E-state index in [4.69, 9.17) is 0 Å². The van der Waals surface area contributed by atoms with E-state index in [1.807, 2.05) is 4.90 Å². The van der Waals surface area contributed by atoms with Crippen molar-refractivity contribution in [3.8, 4) is 0 Å². The van der Waals surface area contributed by atoms with E-state index in [0.29, 0.717) is 32.6 Å². The Labute approximate surface area is 103 Å². The Morgan fingerprint density at radius 3 is 2.18 bits per heavy atom. The third-order valence-corrected chi connectivity index (χ3v) is 3.02. The number of carbonyl (C=O) groups excluding carboxylic acids is 2. The van der Waals surface area contributed by atoms with Gasteiger partial charge in [0, 0.05) is 46.1 Å². The van der Waals surface area contributed by atoms with Gasteiger partial charge in [-0.25, -0.2) is 0 Å². The molecule has 0 aliphatic carbocycles. The molecule has 5 heteroatoms. The maximum atomic E-state index is 11.8. The monoisotopic (exact) mass is 241 g/mol. The van der Waals surface area contributed by atoms with Gasteiger partial charge in [0.05, 0.1) is 0 Å². The molecular formula is C12H23N3O2. The molecular weight excluding hydrogens is 218 g/mol. The fraction of sp³-hybridized carbons (Fsp3) is 0.833. The van der Waals surface area contributed by atoms with Gasteiger partial charge in [0.2, 0.25) is 11.8 Å². The molecule has 1 aliphatic rings. The lowest BCUT2D eigenvalue weighted by atomic mass is 10.2. The van der Waals surface area contributed by atoms with Crippen LogP contribution in [-0.2, 0) is 9.59 Å². The molecule has 0 aromatic carbocycles. The van der Waals surface area contributed by atoms with Gasteiger partial charge < -0.3 is 15.1 Å². The maximum Gasteiger partial charge on any atom is 0.223 e. The van der Waals surface area contributed by atoms with E-state index in [9.17, 15) is 9.59 Å². The van der Waals surface area contributed by atoms with E-state index in [2.05, 4.69) is 12.2 Å². The molecule has 0 aromatic heterocycles. The van der Waals surface area contributed by atoms with Crippen LogP contribution in [0.3, 0.4) is 0 Å². The van der Waals surface area contributed by atoms with Gasteiger partial charge in [-0.1, -0.05) is 6.92 Å². The first-order valence-electron chi connectivity index (χ1n) is 6.39. The van der Waals surface area contributed by atoms with Crippen LogP contribution in [0.5, 0.6) is 0 Å². The molecule has 17 heavy (non-hydrogen) atoms. The molecule has 0 saturated carbocycles. The maximum absolute atomic E-state index is 11.8. The smallest absolute Gasteiger partial charge is 0.223 e. The van der Waals surface area contributed by atoms with Gasteiger partial charge in [-0.15, -0.1) is 0 Å².